The van der Waals surface area contributed by atoms with Crippen LogP contribution in [0.5, 0.6) is 0 Å². The van der Waals surface area contributed by atoms with Crippen LogP contribution in [-0.4, -0.2) is 87.1 Å². The lowest BCUT2D eigenvalue weighted by atomic mass is 10.1. The number of carbonyl (C=O) groups is 1. The predicted octanol–water partition coefficient (Wildman–Crippen LogP) is 0.322. The van der Waals surface area contributed by atoms with Crippen molar-refractivity contribution < 1.29 is 4.79 Å². The van der Waals surface area contributed by atoms with Crippen LogP contribution in [0.3, 0.4) is 0 Å². The Morgan fingerprint density at radius 1 is 1.24 bits per heavy atom. The second kappa shape index (κ2) is 6.97. The van der Waals surface area contributed by atoms with E-state index in [2.05, 4.69) is 37.0 Å². The van der Waals surface area contributed by atoms with Gasteiger partial charge in [-0.1, -0.05) is 0 Å². The minimum atomic E-state index is 0.217. The Labute approximate surface area is 147 Å². The van der Waals surface area contributed by atoms with Gasteiger partial charge in [0.25, 0.3) is 0 Å². The number of H-pyrrole nitrogens is 2. The maximum atomic E-state index is 12.7. The highest BCUT2D eigenvalue weighted by Gasteiger charge is 2.25. The molecule has 2 aromatic heterocycles. The third-order valence-electron chi connectivity index (χ3n) is 5.13. The Kier molecular flexibility index (Phi) is 4.54. The van der Waals surface area contributed by atoms with Crippen molar-refractivity contribution in [2.75, 3.05) is 46.3 Å². The standard InChI is InChI=1S/C17H25N7O/c1-22-4-2-5-23(8-7-22)12-16(25)24-6-3-14-15(11-24)21-17(20-14)13-9-18-19-10-13/h9-10H,2-8,11-12H2,1H3,(H,18,19)(H,20,21). The number of carbonyl (C=O) groups excluding carboxylic acids is 1. The zero-order valence-corrected chi connectivity index (χ0v) is 14.7. The molecule has 0 saturated carbocycles. The Bertz CT molecular complexity index is 723. The Morgan fingerprint density at radius 2 is 2.16 bits per heavy atom. The number of amides is 1. The molecule has 0 aliphatic carbocycles. The molecule has 1 saturated heterocycles. The van der Waals surface area contributed by atoms with E-state index < -0.39 is 0 Å². The number of imidazole rings is 1. The van der Waals surface area contributed by atoms with Crippen LogP contribution in [0, 0.1) is 0 Å². The van der Waals surface area contributed by atoms with Gasteiger partial charge in [0.05, 0.1) is 36.2 Å². The average Bonchev–Trinajstić information content (AvgIpc) is 3.23. The van der Waals surface area contributed by atoms with Crippen molar-refractivity contribution in [1.29, 1.82) is 0 Å². The molecule has 2 aliphatic heterocycles. The van der Waals surface area contributed by atoms with Crippen LogP contribution in [0.4, 0.5) is 0 Å². The van der Waals surface area contributed by atoms with Gasteiger partial charge in [0.2, 0.25) is 5.91 Å². The molecule has 0 unspecified atom stereocenters. The van der Waals surface area contributed by atoms with Gasteiger partial charge in [-0.05, 0) is 26.6 Å². The van der Waals surface area contributed by atoms with E-state index >= 15 is 0 Å². The number of fused-ring (bicyclic) bond motifs is 1. The van der Waals surface area contributed by atoms with Crippen LogP contribution in [0.2, 0.25) is 0 Å². The Balaban J connectivity index is 1.39. The molecule has 1 amide bonds. The fraction of sp³-hybridized carbons (Fsp3) is 0.588. The van der Waals surface area contributed by atoms with Gasteiger partial charge in [0.1, 0.15) is 5.82 Å². The summed E-state index contributed by atoms with van der Waals surface area (Å²) in [6, 6.07) is 0. The number of nitrogens with one attached hydrogen (secondary N) is 2. The fourth-order valence-corrected chi connectivity index (χ4v) is 3.57. The highest BCUT2D eigenvalue weighted by Crippen LogP contribution is 2.22. The lowest BCUT2D eigenvalue weighted by Gasteiger charge is -2.29. The van der Waals surface area contributed by atoms with Crippen molar-refractivity contribution in [3.63, 3.8) is 0 Å². The van der Waals surface area contributed by atoms with Crippen LogP contribution >= 0.6 is 0 Å². The molecule has 0 atom stereocenters. The third kappa shape index (κ3) is 3.59. The number of aromatic nitrogens is 4. The van der Waals surface area contributed by atoms with E-state index in [1.165, 1.54) is 0 Å². The molecule has 2 N–H and O–H groups in total. The van der Waals surface area contributed by atoms with Gasteiger partial charge in [-0.2, -0.15) is 5.10 Å². The van der Waals surface area contributed by atoms with Crippen molar-refractivity contribution in [1.82, 2.24) is 34.9 Å². The molecule has 0 bridgehead atoms. The van der Waals surface area contributed by atoms with Gasteiger partial charge >= 0.3 is 0 Å². The van der Waals surface area contributed by atoms with E-state index in [1.54, 1.807) is 6.20 Å². The number of rotatable bonds is 3. The third-order valence-corrected chi connectivity index (χ3v) is 5.13. The summed E-state index contributed by atoms with van der Waals surface area (Å²) in [4.78, 5) is 27.3. The molecule has 8 heteroatoms. The molecular weight excluding hydrogens is 318 g/mol. The predicted molar refractivity (Wildman–Crippen MR) is 93.8 cm³/mol. The quantitative estimate of drug-likeness (QED) is 0.839. The molecule has 0 aromatic carbocycles. The molecule has 4 heterocycles. The maximum Gasteiger partial charge on any atom is 0.237 e. The summed E-state index contributed by atoms with van der Waals surface area (Å²) in [6.45, 7) is 6.00. The maximum absolute atomic E-state index is 12.7. The SMILES string of the molecule is CN1CCCN(CC(=O)N2CCc3nc(-c4cn[nH]c4)[nH]c3C2)CC1. The number of likely N-dealkylation sites (N-methyl/N-ethyl adjacent to an activating group) is 1. The monoisotopic (exact) mass is 343 g/mol. The van der Waals surface area contributed by atoms with Crippen molar-refractivity contribution in [2.24, 2.45) is 0 Å². The van der Waals surface area contributed by atoms with Crippen molar-refractivity contribution in [2.45, 2.75) is 19.4 Å². The first-order valence-electron chi connectivity index (χ1n) is 8.94. The summed E-state index contributed by atoms with van der Waals surface area (Å²) in [7, 11) is 2.15. The minimum absolute atomic E-state index is 0.217. The van der Waals surface area contributed by atoms with Crippen LogP contribution in [0.25, 0.3) is 11.4 Å². The topological polar surface area (TPSA) is 84.2 Å². The highest BCUT2D eigenvalue weighted by atomic mass is 16.2. The molecule has 25 heavy (non-hydrogen) atoms. The summed E-state index contributed by atoms with van der Waals surface area (Å²) in [5.41, 5.74) is 3.06. The molecule has 2 aromatic rings. The molecule has 1 fully saturated rings. The summed E-state index contributed by atoms with van der Waals surface area (Å²) in [5.74, 6) is 1.04. The van der Waals surface area contributed by atoms with Crippen LogP contribution in [0.15, 0.2) is 12.4 Å². The lowest BCUT2D eigenvalue weighted by molar-refractivity contribution is -0.133. The van der Waals surface area contributed by atoms with E-state index in [1.807, 2.05) is 11.1 Å². The first kappa shape index (κ1) is 16.3. The second-order valence-electron chi connectivity index (χ2n) is 7.00. The Morgan fingerprint density at radius 3 is 3.00 bits per heavy atom. The first-order valence-corrected chi connectivity index (χ1v) is 8.94. The zero-order valence-electron chi connectivity index (χ0n) is 14.7. The van der Waals surface area contributed by atoms with Gasteiger partial charge in [0, 0.05) is 32.3 Å². The van der Waals surface area contributed by atoms with Gasteiger partial charge in [-0.3, -0.25) is 14.8 Å². The van der Waals surface area contributed by atoms with Crippen LogP contribution in [0.1, 0.15) is 17.8 Å². The fourth-order valence-electron chi connectivity index (χ4n) is 3.57. The smallest absolute Gasteiger partial charge is 0.237 e. The molecular formula is C17H25N7O. The summed E-state index contributed by atoms with van der Waals surface area (Å²) >= 11 is 0. The Hall–Kier alpha value is -2.19. The van der Waals surface area contributed by atoms with E-state index in [0.29, 0.717) is 13.1 Å². The number of hydrogen-bond acceptors (Lipinski definition) is 5. The molecule has 2 aliphatic rings. The van der Waals surface area contributed by atoms with E-state index in [9.17, 15) is 4.79 Å². The number of nitrogens with zero attached hydrogens (tertiary/aromatic N) is 5. The summed E-state index contributed by atoms with van der Waals surface area (Å²) in [6.07, 6.45) is 5.51. The largest absolute Gasteiger partial charge is 0.340 e. The molecule has 4 rings (SSSR count). The van der Waals surface area contributed by atoms with Crippen LogP contribution in [-0.2, 0) is 17.8 Å². The van der Waals surface area contributed by atoms with Crippen molar-refractivity contribution >= 4 is 5.91 Å². The lowest BCUT2D eigenvalue weighted by Crippen LogP contribution is -2.43. The van der Waals surface area contributed by atoms with Crippen molar-refractivity contribution in [3.05, 3.63) is 23.8 Å². The zero-order chi connectivity index (χ0) is 17.2. The number of aromatic amines is 2. The first-order chi connectivity index (χ1) is 12.2. The molecule has 8 nitrogen and oxygen atoms in total. The molecule has 0 radical (unpaired) electrons. The second-order valence-corrected chi connectivity index (χ2v) is 7.00. The van der Waals surface area contributed by atoms with Crippen molar-refractivity contribution in [3.8, 4) is 11.4 Å². The van der Waals surface area contributed by atoms with Gasteiger partial charge in [-0.25, -0.2) is 4.98 Å². The normalized spacial score (nSPS) is 19.6. The van der Waals surface area contributed by atoms with Crippen LogP contribution < -0.4 is 0 Å². The molecule has 134 valence electrons. The number of hydrogen-bond donors (Lipinski definition) is 2. The van der Waals surface area contributed by atoms with E-state index in [0.717, 1.165) is 68.3 Å². The van der Waals surface area contributed by atoms with E-state index in [4.69, 9.17) is 0 Å². The summed E-state index contributed by atoms with van der Waals surface area (Å²) in [5, 5.41) is 6.77. The van der Waals surface area contributed by atoms with E-state index in [-0.39, 0.29) is 5.91 Å². The molecule has 0 spiro atoms. The van der Waals surface area contributed by atoms with Gasteiger partial charge < -0.3 is 14.8 Å². The average molecular weight is 343 g/mol. The highest BCUT2D eigenvalue weighted by molar-refractivity contribution is 5.78. The van der Waals surface area contributed by atoms with Gasteiger partial charge in [0.15, 0.2) is 0 Å². The minimum Gasteiger partial charge on any atom is -0.340 e. The van der Waals surface area contributed by atoms with Gasteiger partial charge in [-0.15, -0.1) is 0 Å². The summed E-state index contributed by atoms with van der Waals surface area (Å²) < 4.78 is 0.